The summed E-state index contributed by atoms with van der Waals surface area (Å²) in [6.45, 7) is 1.91. The van der Waals surface area contributed by atoms with Crippen molar-refractivity contribution in [1.82, 2.24) is 0 Å². The topological polar surface area (TPSA) is 26.3 Å². The van der Waals surface area contributed by atoms with E-state index in [2.05, 4.69) is 0 Å². The zero-order chi connectivity index (χ0) is 9.26. The second-order valence-corrected chi connectivity index (χ2v) is 3.47. The lowest BCUT2D eigenvalue weighted by atomic mass is 10.0. The molecule has 2 rings (SSSR count). The third-order valence-corrected chi connectivity index (χ3v) is 2.40. The van der Waals surface area contributed by atoms with Gasteiger partial charge in [0.25, 0.3) is 0 Å². The van der Waals surface area contributed by atoms with Gasteiger partial charge in [-0.3, -0.25) is 4.79 Å². The molecule has 1 heterocycles. The van der Waals surface area contributed by atoms with Crippen LogP contribution in [0.5, 0.6) is 0 Å². The fraction of sp³-hybridized carbons (Fsp3) is 0.364. The Kier molecular flexibility index (Phi) is 2.05. The van der Waals surface area contributed by atoms with E-state index < -0.39 is 0 Å². The molecule has 1 aromatic rings. The van der Waals surface area contributed by atoms with Gasteiger partial charge in [-0.15, -0.1) is 0 Å². The summed E-state index contributed by atoms with van der Waals surface area (Å²) in [7, 11) is 0. The number of hydrogen-bond donors (Lipinski definition) is 0. The lowest BCUT2D eigenvalue weighted by Gasteiger charge is -2.07. The highest BCUT2D eigenvalue weighted by Crippen LogP contribution is 2.32. The Morgan fingerprint density at radius 3 is 2.54 bits per heavy atom. The van der Waals surface area contributed by atoms with Gasteiger partial charge in [0.2, 0.25) is 0 Å². The summed E-state index contributed by atoms with van der Waals surface area (Å²) in [5, 5.41) is 0. The van der Waals surface area contributed by atoms with Gasteiger partial charge in [0.05, 0.1) is 5.92 Å². The summed E-state index contributed by atoms with van der Waals surface area (Å²) >= 11 is 0. The first-order chi connectivity index (χ1) is 6.27. The molecule has 2 nitrogen and oxygen atoms in total. The van der Waals surface area contributed by atoms with E-state index >= 15 is 0 Å². The number of carbonyl (C=O) groups excluding carboxylic acids is 1. The van der Waals surface area contributed by atoms with E-state index in [1.165, 1.54) is 0 Å². The highest BCUT2D eigenvalue weighted by Gasteiger charge is 2.31. The van der Waals surface area contributed by atoms with Gasteiger partial charge >= 0.3 is 5.97 Å². The van der Waals surface area contributed by atoms with E-state index in [0.29, 0.717) is 0 Å². The van der Waals surface area contributed by atoms with Crippen molar-refractivity contribution < 1.29 is 9.53 Å². The van der Waals surface area contributed by atoms with Gasteiger partial charge in [0.1, 0.15) is 6.10 Å². The van der Waals surface area contributed by atoms with Gasteiger partial charge in [-0.05, 0) is 5.56 Å². The van der Waals surface area contributed by atoms with Gasteiger partial charge in [-0.2, -0.15) is 0 Å². The molecule has 0 amide bonds. The number of carbonyl (C=O) groups is 1. The van der Waals surface area contributed by atoms with Crippen LogP contribution in [0.25, 0.3) is 0 Å². The molecule has 1 saturated heterocycles. The maximum absolute atomic E-state index is 11.1. The van der Waals surface area contributed by atoms with Crippen molar-refractivity contribution in [3.63, 3.8) is 0 Å². The van der Waals surface area contributed by atoms with Crippen molar-refractivity contribution in [1.29, 1.82) is 0 Å². The van der Waals surface area contributed by atoms with Gasteiger partial charge in [-0.25, -0.2) is 0 Å². The molecule has 1 aliphatic rings. The van der Waals surface area contributed by atoms with Crippen LogP contribution >= 0.6 is 0 Å². The Morgan fingerprint density at radius 1 is 1.31 bits per heavy atom. The van der Waals surface area contributed by atoms with Crippen molar-refractivity contribution in [2.45, 2.75) is 19.4 Å². The molecule has 1 aliphatic heterocycles. The molecule has 0 aromatic heterocycles. The Labute approximate surface area is 77.5 Å². The standard InChI is InChI=1S/C11H12O2/c1-8-7-10(13-11(8)12)9-5-3-2-4-6-9/h2-6,8,10H,7H2,1H3/t8-,10+/m0/s1. The normalized spacial score (nSPS) is 27.3. The Bertz CT molecular complexity index is 305. The molecule has 0 saturated carbocycles. The molecular weight excluding hydrogens is 164 g/mol. The molecule has 68 valence electrons. The Hall–Kier alpha value is -1.31. The molecule has 1 fully saturated rings. The maximum atomic E-state index is 11.1. The second-order valence-electron chi connectivity index (χ2n) is 3.47. The lowest BCUT2D eigenvalue weighted by molar-refractivity contribution is -0.144. The zero-order valence-electron chi connectivity index (χ0n) is 7.57. The van der Waals surface area contributed by atoms with Crippen molar-refractivity contribution in [2.24, 2.45) is 5.92 Å². The molecule has 2 heteroatoms. The number of ether oxygens (including phenoxy) is 1. The highest BCUT2D eigenvalue weighted by molar-refractivity contribution is 5.74. The second kappa shape index (κ2) is 3.21. The van der Waals surface area contributed by atoms with Gasteiger partial charge in [0.15, 0.2) is 0 Å². The van der Waals surface area contributed by atoms with E-state index in [-0.39, 0.29) is 18.0 Å². The number of rotatable bonds is 1. The largest absolute Gasteiger partial charge is 0.457 e. The summed E-state index contributed by atoms with van der Waals surface area (Å²) in [4.78, 5) is 11.1. The number of esters is 1. The summed E-state index contributed by atoms with van der Waals surface area (Å²) in [6.07, 6.45) is 0.784. The van der Waals surface area contributed by atoms with Crippen LogP contribution in [0.1, 0.15) is 25.0 Å². The van der Waals surface area contributed by atoms with E-state index in [0.717, 1.165) is 12.0 Å². The van der Waals surface area contributed by atoms with Crippen LogP contribution in [-0.4, -0.2) is 5.97 Å². The third kappa shape index (κ3) is 1.57. The predicted molar refractivity (Wildman–Crippen MR) is 49.1 cm³/mol. The molecule has 0 unspecified atom stereocenters. The average molecular weight is 176 g/mol. The summed E-state index contributed by atoms with van der Waals surface area (Å²) in [6, 6.07) is 9.88. The summed E-state index contributed by atoms with van der Waals surface area (Å²) < 4.78 is 5.22. The van der Waals surface area contributed by atoms with Crippen LogP contribution in [0, 0.1) is 5.92 Å². The van der Waals surface area contributed by atoms with Gasteiger partial charge < -0.3 is 4.74 Å². The Balaban J connectivity index is 2.17. The summed E-state index contributed by atoms with van der Waals surface area (Å²) in [5.74, 6) is -0.0286. The van der Waals surface area contributed by atoms with Crippen LogP contribution in [0.2, 0.25) is 0 Å². The first-order valence-corrected chi connectivity index (χ1v) is 4.53. The monoisotopic (exact) mass is 176 g/mol. The molecular formula is C11H12O2. The van der Waals surface area contributed by atoms with Gasteiger partial charge in [-0.1, -0.05) is 37.3 Å². The molecule has 1 aromatic carbocycles. The number of cyclic esters (lactones) is 1. The maximum Gasteiger partial charge on any atom is 0.309 e. The average Bonchev–Trinajstić information content (AvgIpc) is 2.49. The number of hydrogen-bond acceptors (Lipinski definition) is 2. The minimum Gasteiger partial charge on any atom is -0.457 e. The fourth-order valence-corrected chi connectivity index (χ4v) is 1.59. The van der Waals surface area contributed by atoms with E-state index in [9.17, 15) is 4.79 Å². The molecule has 0 bridgehead atoms. The quantitative estimate of drug-likeness (QED) is 0.614. The fourth-order valence-electron chi connectivity index (χ4n) is 1.59. The molecule has 0 aliphatic carbocycles. The summed E-state index contributed by atoms with van der Waals surface area (Å²) in [5.41, 5.74) is 1.10. The van der Waals surface area contributed by atoms with E-state index in [1.54, 1.807) is 0 Å². The molecule has 13 heavy (non-hydrogen) atoms. The predicted octanol–water partition coefficient (Wildman–Crippen LogP) is 2.31. The zero-order valence-corrected chi connectivity index (χ0v) is 7.57. The van der Waals surface area contributed by atoms with Crippen molar-refractivity contribution in [3.8, 4) is 0 Å². The smallest absolute Gasteiger partial charge is 0.309 e. The van der Waals surface area contributed by atoms with Crippen molar-refractivity contribution in [2.75, 3.05) is 0 Å². The van der Waals surface area contributed by atoms with Crippen LogP contribution in [0.4, 0.5) is 0 Å². The van der Waals surface area contributed by atoms with Crippen LogP contribution in [0.15, 0.2) is 30.3 Å². The van der Waals surface area contributed by atoms with Crippen LogP contribution in [0.3, 0.4) is 0 Å². The van der Waals surface area contributed by atoms with Crippen molar-refractivity contribution >= 4 is 5.97 Å². The lowest BCUT2D eigenvalue weighted by Crippen LogP contribution is -2.01. The van der Waals surface area contributed by atoms with Crippen LogP contribution in [-0.2, 0) is 9.53 Å². The molecule has 0 radical (unpaired) electrons. The third-order valence-electron chi connectivity index (χ3n) is 2.40. The Morgan fingerprint density at radius 2 is 2.00 bits per heavy atom. The minimum atomic E-state index is -0.0751. The molecule has 0 N–H and O–H groups in total. The highest BCUT2D eigenvalue weighted by atomic mass is 16.5. The minimum absolute atomic E-state index is 0.0244. The first kappa shape index (κ1) is 8.30. The van der Waals surface area contributed by atoms with E-state index in [4.69, 9.17) is 4.74 Å². The number of benzene rings is 1. The van der Waals surface area contributed by atoms with Crippen molar-refractivity contribution in [3.05, 3.63) is 35.9 Å². The van der Waals surface area contributed by atoms with Crippen LogP contribution < -0.4 is 0 Å². The van der Waals surface area contributed by atoms with E-state index in [1.807, 2.05) is 37.3 Å². The molecule has 0 spiro atoms. The van der Waals surface area contributed by atoms with Gasteiger partial charge in [0, 0.05) is 6.42 Å². The molecule has 2 atom stereocenters. The SMILES string of the molecule is C[C@H]1C[C@H](c2ccccc2)OC1=O. The first-order valence-electron chi connectivity index (χ1n) is 4.53.